The van der Waals surface area contributed by atoms with Crippen LogP contribution >= 0.6 is 0 Å². The van der Waals surface area contributed by atoms with Crippen LogP contribution in [0.3, 0.4) is 0 Å². The molecule has 1 aliphatic rings. The van der Waals surface area contributed by atoms with Gasteiger partial charge in [-0.1, -0.05) is 0 Å². The largest absolute Gasteiger partial charge is 0.508 e. The van der Waals surface area contributed by atoms with Gasteiger partial charge in [0.05, 0.1) is 13.2 Å². The van der Waals surface area contributed by atoms with Gasteiger partial charge in [0.15, 0.2) is 0 Å². The maximum Gasteiger partial charge on any atom is 0.120 e. The second-order valence-corrected chi connectivity index (χ2v) is 4.77. The molecule has 0 saturated heterocycles. The lowest BCUT2D eigenvalue weighted by atomic mass is 9.76. The summed E-state index contributed by atoms with van der Waals surface area (Å²) in [6.45, 7) is 0. The van der Waals surface area contributed by atoms with Crippen molar-refractivity contribution in [3.63, 3.8) is 0 Å². The summed E-state index contributed by atoms with van der Waals surface area (Å²) >= 11 is 0. The van der Waals surface area contributed by atoms with Crippen molar-refractivity contribution in [3.8, 4) is 11.5 Å². The third-order valence-electron chi connectivity index (χ3n) is 3.59. The molecule has 1 aromatic rings. The van der Waals surface area contributed by atoms with Gasteiger partial charge in [-0.15, -0.1) is 0 Å². The number of hydrogen-bond donors (Lipinski definition) is 3. The minimum atomic E-state index is -0.558. The summed E-state index contributed by atoms with van der Waals surface area (Å²) in [6.07, 6.45) is 2.43. The smallest absolute Gasteiger partial charge is 0.120 e. The van der Waals surface area contributed by atoms with Crippen LogP contribution in [0.5, 0.6) is 11.5 Å². The first-order chi connectivity index (χ1) is 8.05. The first-order valence-corrected chi connectivity index (χ1v) is 5.89. The molecule has 0 atom stereocenters. The number of phenols is 1. The molecule has 2 rings (SSSR count). The highest BCUT2D eigenvalue weighted by molar-refractivity contribution is 5.43. The normalized spacial score (nSPS) is 29.0. The van der Waals surface area contributed by atoms with Crippen molar-refractivity contribution in [3.05, 3.63) is 23.8 Å². The molecule has 1 fully saturated rings. The number of rotatable bonds is 2. The lowest BCUT2D eigenvalue weighted by Crippen LogP contribution is -2.41. The standard InChI is InChI=1S/C13H19NO3/c1-17-10-2-3-12(16)11(8-10)13(14)6-4-9(15)5-7-13/h2-3,8-9,15-16H,4-7,14H2,1H3. The molecule has 0 aliphatic heterocycles. The average Bonchev–Trinajstić information content (AvgIpc) is 2.34. The van der Waals surface area contributed by atoms with Crippen molar-refractivity contribution < 1.29 is 14.9 Å². The van der Waals surface area contributed by atoms with Crippen molar-refractivity contribution in [1.82, 2.24) is 0 Å². The van der Waals surface area contributed by atoms with E-state index >= 15 is 0 Å². The van der Waals surface area contributed by atoms with Gasteiger partial charge in [0, 0.05) is 11.1 Å². The summed E-state index contributed by atoms with van der Waals surface area (Å²) in [7, 11) is 1.59. The fraction of sp³-hybridized carbons (Fsp3) is 0.538. The first kappa shape index (κ1) is 12.2. The van der Waals surface area contributed by atoms with Crippen LogP contribution < -0.4 is 10.5 Å². The summed E-state index contributed by atoms with van der Waals surface area (Å²) in [4.78, 5) is 0. The average molecular weight is 237 g/mol. The Morgan fingerprint density at radius 3 is 2.59 bits per heavy atom. The lowest BCUT2D eigenvalue weighted by Gasteiger charge is -2.36. The van der Waals surface area contributed by atoms with E-state index in [1.54, 1.807) is 25.3 Å². The number of aliphatic hydroxyl groups is 1. The van der Waals surface area contributed by atoms with Gasteiger partial charge in [-0.05, 0) is 43.9 Å². The van der Waals surface area contributed by atoms with Crippen molar-refractivity contribution in [2.45, 2.75) is 37.3 Å². The van der Waals surface area contributed by atoms with Crippen molar-refractivity contribution in [2.24, 2.45) is 5.73 Å². The molecule has 0 spiro atoms. The summed E-state index contributed by atoms with van der Waals surface area (Å²) < 4.78 is 5.15. The molecule has 0 unspecified atom stereocenters. The highest BCUT2D eigenvalue weighted by Crippen LogP contribution is 2.40. The molecule has 0 heterocycles. The fourth-order valence-corrected chi connectivity index (χ4v) is 2.43. The molecule has 0 amide bonds. The third kappa shape index (κ3) is 2.37. The molecule has 0 aromatic heterocycles. The number of ether oxygens (including phenoxy) is 1. The Morgan fingerprint density at radius 1 is 1.35 bits per heavy atom. The maximum atomic E-state index is 9.92. The van der Waals surface area contributed by atoms with Crippen LogP contribution in [0.25, 0.3) is 0 Å². The van der Waals surface area contributed by atoms with Crippen LogP contribution in [-0.4, -0.2) is 23.4 Å². The van der Waals surface area contributed by atoms with E-state index < -0.39 is 5.54 Å². The van der Waals surface area contributed by atoms with Crippen LogP contribution in [0.2, 0.25) is 0 Å². The van der Waals surface area contributed by atoms with Gasteiger partial charge in [0.25, 0.3) is 0 Å². The number of benzene rings is 1. The quantitative estimate of drug-likeness (QED) is 0.728. The molecule has 17 heavy (non-hydrogen) atoms. The van der Waals surface area contributed by atoms with Crippen molar-refractivity contribution >= 4 is 0 Å². The van der Waals surface area contributed by atoms with E-state index in [2.05, 4.69) is 0 Å². The van der Waals surface area contributed by atoms with Crippen LogP contribution in [0, 0.1) is 0 Å². The van der Waals surface area contributed by atoms with Crippen LogP contribution in [-0.2, 0) is 5.54 Å². The van der Waals surface area contributed by atoms with E-state index in [1.807, 2.05) is 0 Å². The van der Waals surface area contributed by atoms with E-state index in [9.17, 15) is 10.2 Å². The molecule has 4 N–H and O–H groups in total. The van der Waals surface area contributed by atoms with Crippen LogP contribution in [0.1, 0.15) is 31.2 Å². The SMILES string of the molecule is COc1ccc(O)c(C2(N)CCC(O)CC2)c1. The number of hydrogen-bond acceptors (Lipinski definition) is 4. The zero-order chi connectivity index (χ0) is 12.5. The zero-order valence-corrected chi connectivity index (χ0v) is 10.0. The number of phenolic OH excluding ortho intramolecular Hbond substituents is 1. The maximum absolute atomic E-state index is 9.92. The van der Waals surface area contributed by atoms with E-state index in [4.69, 9.17) is 10.5 Å². The molecule has 94 valence electrons. The van der Waals surface area contributed by atoms with Gasteiger partial charge in [0.2, 0.25) is 0 Å². The minimum absolute atomic E-state index is 0.199. The van der Waals surface area contributed by atoms with Gasteiger partial charge in [0.1, 0.15) is 11.5 Å². The second-order valence-electron chi connectivity index (χ2n) is 4.77. The second kappa shape index (κ2) is 4.55. The molecule has 1 aliphatic carbocycles. The highest BCUT2D eigenvalue weighted by atomic mass is 16.5. The minimum Gasteiger partial charge on any atom is -0.508 e. The summed E-state index contributed by atoms with van der Waals surface area (Å²) in [6, 6.07) is 5.10. The van der Waals surface area contributed by atoms with Gasteiger partial charge in [-0.2, -0.15) is 0 Å². The predicted octanol–water partition coefficient (Wildman–Crippen LogP) is 1.49. The van der Waals surface area contributed by atoms with E-state index in [0.717, 1.165) is 0 Å². The summed E-state index contributed by atoms with van der Waals surface area (Å²) in [5.74, 6) is 0.887. The van der Waals surface area contributed by atoms with Crippen LogP contribution in [0.15, 0.2) is 18.2 Å². The van der Waals surface area contributed by atoms with Crippen molar-refractivity contribution in [2.75, 3.05) is 7.11 Å². The Balaban J connectivity index is 2.32. The third-order valence-corrected chi connectivity index (χ3v) is 3.59. The topological polar surface area (TPSA) is 75.7 Å². The molecular weight excluding hydrogens is 218 g/mol. The van der Waals surface area contributed by atoms with Gasteiger partial charge >= 0.3 is 0 Å². The fourth-order valence-electron chi connectivity index (χ4n) is 2.43. The number of methoxy groups -OCH3 is 1. The predicted molar refractivity (Wildman–Crippen MR) is 65.0 cm³/mol. The van der Waals surface area contributed by atoms with Crippen LogP contribution in [0.4, 0.5) is 0 Å². The Kier molecular flexibility index (Phi) is 3.26. The zero-order valence-electron chi connectivity index (χ0n) is 10.0. The molecular formula is C13H19NO3. The molecule has 0 radical (unpaired) electrons. The Morgan fingerprint density at radius 2 is 2.00 bits per heavy atom. The van der Waals surface area contributed by atoms with E-state index in [1.165, 1.54) is 0 Å². The van der Waals surface area contributed by atoms with Crippen molar-refractivity contribution in [1.29, 1.82) is 0 Å². The molecule has 1 aromatic carbocycles. The molecule has 1 saturated carbocycles. The first-order valence-electron chi connectivity index (χ1n) is 5.89. The Labute approximate surface area is 101 Å². The van der Waals surface area contributed by atoms with E-state index in [-0.39, 0.29) is 11.9 Å². The number of aliphatic hydroxyl groups excluding tert-OH is 1. The lowest BCUT2D eigenvalue weighted by molar-refractivity contribution is 0.0960. The van der Waals surface area contributed by atoms with Gasteiger partial charge in [-0.3, -0.25) is 0 Å². The summed E-state index contributed by atoms with van der Waals surface area (Å²) in [5.41, 5.74) is 6.49. The molecule has 4 nitrogen and oxygen atoms in total. The monoisotopic (exact) mass is 237 g/mol. The van der Waals surface area contributed by atoms with Gasteiger partial charge < -0.3 is 20.7 Å². The Hall–Kier alpha value is -1.26. The van der Waals surface area contributed by atoms with E-state index in [0.29, 0.717) is 37.0 Å². The molecule has 0 bridgehead atoms. The van der Waals surface area contributed by atoms with Gasteiger partial charge in [-0.25, -0.2) is 0 Å². The number of aromatic hydroxyl groups is 1. The number of nitrogens with two attached hydrogens (primary N) is 1. The molecule has 4 heteroatoms. The highest BCUT2D eigenvalue weighted by Gasteiger charge is 2.34. The Bertz CT molecular complexity index is 398. The summed E-state index contributed by atoms with van der Waals surface area (Å²) in [5, 5.41) is 19.4.